The van der Waals surface area contributed by atoms with Gasteiger partial charge < -0.3 is 35.0 Å². The van der Waals surface area contributed by atoms with Crippen molar-refractivity contribution in [1.82, 2.24) is 63.4 Å². The molecule has 0 aromatic carbocycles. The second-order valence-electron chi connectivity index (χ2n) is 28.2. The Balaban J connectivity index is 0.900. The van der Waals surface area contributed by atoms with E-state index < -0.39 is 175 Å². The van der Waals surface area contributed by atoms with Crippen LogP contribution in [0.25, 0.3) is 0 Å². The lowest BCUT2D eigenvalue weighted by molar-refractivity contribution is -0.447. The molecule has 9 fully saturated rings. The third kappa shape index (κ3) is 25.6. The molecule has 26 atom stereocenters. The van der Waals surface area contributed by atoms with Crippen LogP contribution in [0.3, 0.4) is 0 Å². The molecule has 2 heterocycles. The highest BCUT2D eigenvalue weighted by Crippen LogP contribution is 2.50. The molecule has 0 bridgehead atoms. The molecular weight excluding hydrogens is 1570 g/mol. The van der Waals surface area contributed by atoms with Crippen LogP contribution in [0.2, 0.25) is 0 Å². The number of nitrogens with zero attached hydrogens (tertiary/aromatic N) is 5. The zero-order valence-electron chi connectivity index (χ0n) is 62.1. The van der Waals surface area contributed by atoms with Crippen molar-refractivity contribution in [2.24, 2.45) is 56.0 Å². The van der Waals surface area contributed by atoms with E-state index in [9.17, 15) is 52.0 Å². The summed E-state index contributed by atoms with van der Waals surface area (Å²) in [6.45, 7) is -0.174. The van der Waals surface area contributed by atoms with Crippen LogP contribution in [-0.4, -0.2) is 285 Å². The van der Waals surface area contributed by atoms with E-state index in [2.05, 4.69) is 78.3 Å². The summed E-state index contributed by atoms with van der Waals surface area (Å²) in [5.41, 5.74) is 0. The van der Waals surface area contributed by atoms with Crippen LogP contribution in [0.4, 0.5) is 0 Å². The minimum atomic E-state index is -4.14. The van der Waals surface area contributed by atoms with E-state index >= 15 is 0 Å². The number of hydrogen-bond acceptors (Lipinski definition) is 47. The lowest BCUT2D eigenvalue weighted by Crippen LogP contribution is -2.80. The van der Waals surface area contributed by atoms with E-state index in [4.69, 9.17) is 75.5 Å². The molecule has 7 saturated carbocycles. The molecular formula is C60H112N16O27S6. The molecule has 0 aromatic rings. The monoisotopic (exact) mass is 1680 g/mol. The summed E-state index contributed by atoms with van der Waals surface area (Å²) in [4.78, 5) is 46.8. The number of rotatable bonds is 42. The highest BCUT2D eigenvalue weighted by atomic mass is 32.2. The molecule has 43 nitrogen and oxygen atoms in total. The molecule has 0 spiro atoms. The number of carbonyl (C=O) groups excluding carboxylic acids is 2. The zero-order chi connectivity index (χ0) is 78.2. The van der Waals surface area contributed by atoms with Crippen LogP contribution >= 0.6 is 48.2 Å². The SMILES string of the molecule is COOOSC1CCC(C(=O)OC)C(N=NC2C(SOOOC)CC3CC(S(=O)(=O)OC)CC(NC4NC(NCCO)NC(NC5CCC(NC6NC(NC7CC(S(=O)(=O)OC)CC8CC(SOOOC)C(N=NC9CC(SOOOC)CCC9C(=O)OC)C(O)C87)NC(N(CCO)CCO)N6)CC5)N4)C3C2O)C1. The highest BCUT2D eigenvalue weighted by molar-refractivity contribution is 7.95. The van der Waals surface area contributed by atoms with E-state index in [-0.39, 0.29) is 101 Å². The zero-order valence-corrected chi connectivity index (χ0v) is 67.0. The number of hydrogen-bond donors (Lipinski definition) is 16. The fraction of sp³-hybridized carbons (Fsp3) is 0.967. The van der Waals surface area contributed by atoms with Gasteiger partial charge in [-0.25, -0.2) is 19.6 Å². The molecule has 109 heavy (non-hydrogen) atoms. The fourth-order valence-corrected chi connectivity index (χ4v) is 22.5. The Morgan fingerprint density at radius 2 is 0.844 bits per heavy atom. The van der Waals surface area contributed by atoms with Gasteiger partial charge in [0.15, 0.2) is 0 Å². The van der Waals surface area contributed by atoms with Gasteiger partial charge in [0.1, 0.15) is 49.8 Å². The van der Waals surface area contributed by atoms with Crippen molar-refractivity contribution in [3.63, 3.8) is 0 Å². The summed E-state index contributed by atoms with van der Waals surface area (Å²) < 4.78 is 96.8. The number of aliphatic hydroxyl groups is 5. The summed E-state index contributed by atoms with van der Waals surface area (Å²) in [6.07, 6.45) is -0.598. The van der Waals surface area contributed by atoms with E-state index in [1.165, 1.54) is 42.7 Å². The van der Waals surface area contributed by atoms with Gasteiger partial charge in [-0.15, -0.1) is 17.3 Å². The van der Waals surface area contributed by atoms with Crippen molar-refractivity contribution in [1.29, 1.82) is 0 Å². The Kier molecular flexibility index (Phi) is 38.3. The first-order chi connectivity index (χ1) is 52.6. The van der Waals surface area contributed by atoms with Crippen molar-refractivity contribution in [2.75, 3.05) is 96.3 Å². The summed E-state index contributed by atoms with van der Waals surface area (Å²) in [7, 11) is 1.69. The maximum absolute atomic E-state index is 13.8. The molecule has 49 heteroatoms. The van der Waals surface area contributed by atoms with E-state index in [0.29, 0.717) is 64.2 Å². The molecule has 9 aliphatic rings. The van der Waals surface area contributed by atoms with Crippen molar-refractivity contribution < 1.29 is 127 Å². The Hall–Kier alpha value is -1.80. The van der Waals surface area contributed by atoms with Crippen LogP contribution in [0.15, 0.2) is 20.5 Å². The third-order valence-corrected chi connectivity index (χ3v) is 28.7. The largest absolute Gasteiger partial charge is 0.469 e. The first-order valence-electron chi connectivity index (χ1n) is 36.6. The van der Waals surface area contributed by atoms with Crippen LogP contribution < -0.4 is 58.5 Å². The van der Waals surface area contributed by atoms with Gasteiger partial charge in [-0.1, -0.05) is 20.2 Å². The second-order valence-corrected chi connectivity index (χ2v) is 36.0. The highest BCUT2D eigenvalue weighted by Gasteiger charge is 2.57. The van der Waals surface area contributed by atoms with Gasteiger partial charge in [-0.2, -0.15) is 37.3 Å². The lowest BCUT2D eigenvalue weighted by Gasteiger charge is -2.52. The molecule has 2 saturated heterocycles. The number of methoxy groups -OCH3 is 2. The minimum Gasteiger partial charge on any atom is -0.469 e. The smallest absolute Gasteiger partial charge is 0.310 e. The van der Waals surface area contributed by atoms with E-state index in [0.717, 1.165) is 62.4 Å². The molecule has 16 N–H and O–H groups in total. The van der Waals surface area contributed by atoms with Gasteiger partial charge in [-0.3, -0.25) is 81.3 Å². The molecule has 26 unspecified atom stereocenters. The second kappa shape index (κ2) is 45.8. The molecule has 0 amide bonds. The number of ether oxygens (including phenoxy) is 2. The Morgan fingerprint density at radius 1 is 0.459 bits per heavy atom. The van der Waals surface area contributed by atoms with Crippen molar-refractivity contribution >= 4 is 80.3 Å². The van der Waals surface area contributed by atoms with Gasteiger partial charge in [0.05, 0.1) is 134 Å². The van der Waals surface area contributed by atoms with Gasteiger partial charge >= 0.3 is 11.9 Å². The molecule has 630 valence electrons. The molecule has 0 aromatic heterocycles. The fourth-order valence-electron chi connectivity index (χ4n) is 17.0. The van der Waals surface area contributed by atoms with Crippen LogP contribution in [0.1, 0.15) is 103 Å². The average molecular weight is 1680 g/mol. The number of aliphatic hydroxyl groups excluding tert-OH is 5. The first kappa shape index (κ1) is 91.1. The Bertz CT molecular complexity index is 3010. The van der Waals surface area contributed by atoms with Gasteiger partial charge in [0, 0.05) is 114 Å². The topological polar surface area (TPSA) is 536 Å². The van der Waals surface area contributed by atoms with Crippen molar-refractivity contribution in [3.8, 4) is 0 Å². The molecule has 9 rings (SSSR count). The van der Waals surface area contributed by atoms with Crippen LogP contribution in [-0.2, 0) is 105 Å². The number of carbonyl (C=O) groups is 2. The summed E-state index contributed by atoms with van der Waals surface area (Å²) in [5.74, 6) is -4.49. The third-order valence-electron chi connectivity index (χ3n) is 22.0. The van der Waals surface area contributed by atoms with Gasteiger partial charge in [0.2, 0.25) is 0 Å². The van der Waals surface area contributed by atoms with Crippen LogP contribution in [0, 0.1) is 35.5 Å². The molecule has 0 radical (unpaired) electrons. The minimum absolute atomic E-state index is 0.00279. The van der Waals surface area contributed by atoms with Crippen molar-refractivity contribution in [3.05, 3.63) is 0 Å². The quantitative estimate of drug-likeness (QED) is 0.00612. The molecule has 2 aliphatic heterocycles. The number of nitrogens with one attached hydrogen (secondary N) is 11. The number of fused-ring (bicyclic) bond motifs is 2. The van der Waals surface area contributed by atoms with Gasteiger partial charge in [0.25, 0.3) is 20.2 Å². The maximum Gasteiger partial charge on any atom is 0.310 e. The Labute approximate surface area is 651 Å². The lowest BCUT2D eigenvalue weighted by atomic mass is 9.65. The predicted molar refractivity (Wildman–Crippen MR) is 387 cm³/mol. The maximum atomic E-state index is 13.8. The van der Waals surface area contributed by atoms with E-state index in [1.54, 1.807) is 0 Å². The first-order valence-corrected chi connectivity index (χ1v) is 42.7. The number of esters is 2. The summed E-state index contributed by atoms with van der Waals surface area (Å²) in [6, 6.07) is -4.96. The van der Waals surface area contributed by atoms with Gasteiger partial charge in [-0.05, 0) is 115 Å². The standard InChI is InChI=1S/C60H112N16O27S6/c1-88-53(82)39-15-13-35(104-100-96-90-3)27-41(39)72-74-49-45(106-102-98-92-5)25-31-23-37(108(84,85)94-7)29-43(47(31)51(49)80)64-58-67-55(61-17-20-77)66-56(68-58)62-33-9-11-34(12-10-33)63-57-69-59(71-60(70-57)76(18-21-78)19-22-79)65-44-30-38(109(86,87)95-8)24-32-26-46(107-103-99-93-6)50(52(81)48(32)44)75-73-42-28-36(105-101-97-91-4)14-16-40(42)54(83)89-2/h31-52,55-71,77-81H,9-30H2,1-8H3. The van der Waals surface area contributed by atoms with E-state index in [1.807, 2.05) is 4.90 Å². The Morgan fingerprint density at radius 3 is 1.23 bits per heavy atom. The average Bonchev–Trinajstić information content (AvgIpc) is 0.758. The van der Waals surface area contributed by atoms with Crippen molar-refractivity contribution in [2.45, 2.75) is 233 Å². The predicted octanol–water partition coefficient (Wildman–Crippen LogP) is -1.77. The normalized spacial score (nSPS) is 38.4. The summed E-state index contributed by atoms with van der Waals surface area (Å²) >= 11 is 3.72. The van der Waals surface area contributed by atoms with Crippen LogP contribution in [0.5, 0.6) is 0 Å². The summed E-state index contributed by atoms with van der Waals surface area (Å²) in [5, 5.41) is 130. The number of azo groups is 2. The molecule has 7 aliphatic carbocycles.